The molecule has 1 aromatic carbocycles. The van der Waals surface area contributed by atoms with Gasteiger partial charge in [0.1, 0.15) is 0 Å². The maximum Gasteiger partial charge on any atom is 0.333 e. The number of benzene rings is 1. The van der Waals surface area contributed by atoms with E-state index in [9.17, 15) is 13.2 Å². The maximum atomic E-state index is 13.1. The fourth-order valence-electron chi connectivity index (χ4n) is 4.43. The summed E-state index contributed by atoms with van der Waals surface area (Å²) in [5.74, 6) is -0.309. The van der Waals surface area contributed by atoms with E-state index >= 15 is 0 Å². The zero-order valence-electron chi connectivity index (χ0n) is 16.4. The lowest BCUT2D eigenvalue weighted by Gasteiger charge is -2.30. The van der Waals surface area contributed by atoms with E-state index in [-0.39, 0.29) is 17.3 Å². The molecule has 27 heavy (non-hydrogen) atoms. The number of aryl methyl sites for hydroxylation is 1. The van der Waals surface area contributed by atoms with E-state index in [1.807, 2.05) is 26.0 Å². The molecule has 2 aliphatic rings. The van der Waals surface area contributed by atoms with Gasteiger partial charge in [0.15, 0.2) is 0 Å². The van der Waals surface area contributed by atoms with Crippen LogP contribution in [0.15, 0.2) is 52.5 Å². The average Bonchev–Trinajstić information content (AvgIpc) is 2.93. The molecule has 0 amide bonds. The van der Waals surface area contributed by atoms with Crippen molar-refractivity contribution >= 4 is 16.0 Å². The van der Waals surface area contributed by atoms with E-state index in [1.54, 1.807) is 16.4 Å². The molecule has 6 heteroatoms. The second kappa shape index (κ2) is 6.91. The summed E-state index contributed by atoms with van der Waals surface area (Å²) in [4.78, 5) is 12.4. The van der Waals surface area contributed by atoms with Crippen LogP contribution in [-0.2, 0) is 19.6 Å². The molecule has 1 aromatic rings. The Hall–Kier alpha value is -1.92. The summed E-state index contributed by atoms with van der Waals surface area (Å²) in [6, 6.07) is 6.96. The van der Waals surface area contributed by atoms with Crippen LogP contribution in [0.1, 0.15) is 32.3 Å². The molecule has 1 fully saturated rings. The van der Waals surface area contributed by atoms with Crippen molar-refractivity contribution in [2.75, 3.05) is 20.2 Å². The van der Waals surface area contributed by atoms with Crippen LogP contribution in [0.5, 0.6) is 0 Å². The molecular formula is C21H27NO4S. The van der Waals surface area contributed by atoms with Gasteiger partial charge in [-0.1, -0.05) is 42.3 Å². The first-order valence-electron chi connectivity index (χ1n) is 9.10. The summed E-state index contributed by atoms with van der Waals surface area (Å²) in [7, 11) is -2.17. The number of methoxy groups -OCH3 is 1. The molecule has 2 unspecified atom stereocenters. The van der Waals surface area contributed by atoms with Crippen LogP contribution in [0.25, 0.3) is 0 Å². The number of allylic oxidation sites excluding steroid dienone is 1. The molecule has 0 saturated carbocycles. The molecule has 1 heterocycles. The quantitative estimate of drug-likeness (QED) is 0.587. The second-order valence-electron chi connectivity index (χ2n) is 8.08. The minimum atomic E-state index is -3.55. The molecule has 0 radical (unpaired) electrons. The zero-order valence-corrected chi connectivity index (χ0v) is 17.2. The predicted octanol–water partition coefficient (Wildman–Crippen LogP) is 3.46. The molecule has 3 rings (SSSR count). The number of ether oxygens (including phenoxy) is 1. The molecule has 1 aliphatic carbocycles. The normalized spacial score (nSPS) is 26.7. The molecule has 5 nitrogen and oxygen atoms in total. The molecule has 0 aromatic heterocycles. The third-order valence-corrected chi connectivity index (χ3v) is 7.76. The summed E-state index contributed by atoms with van der Waals surface area (Å²) in [6.45, 7) is 11.0. The maximum absolute atomic E-state index is 13.1. The van der Waals surface area contributed by atoms with E-state index < -0.39 is 10.0 Å². The van der Waals surface area contributed by atoms with Gasteiger partial charge in [0.05, 0.1) is 12.0 Å². The Morgan fingerprint density at radius 2 is 1.89 bits per heavy atom. The fraction of sp³-hybridized carbons (Fsp3) is 0.476. The number of carbonyl (C=O) groups is 1. The minimum absolute atomic E-state index is 0.00910. The van der Waals surface area contributed by atoms with Crippen LogP contribution >= 0.6 is 0 Å². The monoisotopic (exact) mass is 389 g/mol. The number of rotatable bonds is 3. The van der Waals surface area contributed by atoms with Crippen molar-refractivity contribution in [3.8, 4) is 0 Å². The lowest BCUT2D eigenvalue weighted by Crippen LogP contribution is -2.31. The van der Waals surface area contributed by atoms with E-state index in [2.05, 4.69) is 13.5 Å². The Morgan fingerprint density at radius 3 is 2.48 bits per heavy atom. The van der Waals surface area contributed by atoms with E-state index in [4.69, 9.17) is 4.74 Å². The first-order chi connectivity index (χ1) is 12.6. The van der Waals surface area contributed by atoms with Gasteiger partial charge in [0, 0.05) is 31.0 Å². The number of hydrogen-bond acceptors (Lipinski definition) is 4. The summed E-state index contributed by atoms with van der Waals surface area (Å²) in [5.41, 5.74) is 3.26. The fourth-order valence-corrected chi connectivity index (χ4v) is 6.02. The van der Waals surface area contributed by atoms with Gasteiger partial charge in [-0.05, 0) is 37.8 Å². The number of sulfonamides is 1. The molecular weight excluding hydrogens is 362 g/mol. The van der Waals surface area contributed by atoms with Gasteiger partial charge in [0.25, 0.3) is 0 Å². The minimum Gasteiger partial charge on any atom is -0.466 e. The Morgan fingerprint density at radius 1 is 1.26 bits per heavy atom. The molecule has 146 valence electrons. The largest absolute Gasteiger partial charge is 0.466 e. The van der Waals surface area contributed by atoms with Crippen LogP contribution < -0.4 is 0 Å². The van der Waals surface area contributed by atoms with Gasteiger partial charge in [0.2, 0.25) is 10.0 Å². The Bertz CT molecular complexity index is 914. The van der Waals surface area contributed by atoms with Crippen LogP contribution in [0.2, 0.25) is 0 Å². The van der Waals surface area contributed by atoms with Crippen molar-refractivity contribution in [1.29, 1.82) is 0 Å². The summed E-state index contributed by atoms with van der Waals surface area (Å²) in [6.07, 6.45) is 1.10. The summed E-state index contributed by atoms with van der Waals surface area (Å²) in [5, 5.41) is 0. The van der Waals surface area contributed by atoms with Gasteiger partial charge >= 0.3 is 5.97 Å². The summed E-state index contributed by atoms with van der Waals surface area (Å²) < 4.78 is 32.8. The van der Waals surface area contributed by atoms with Gasteiger partial charge in [-0.2, -0.15) is 4.31 Å². The number of hydrogen-bond donors (Lipinski definition) is 0. The van der Waals surface area contributed by atoms with Crippen LogP contribution in [-0.4, -0.2) is 38.9 Å². The van der Waals surface area contributed by atoms with E-state index in [0.29, 0.717) is 36.4 Å². The molecule has 0 bridgehead atoms. The number of nitrogens with zero attached hydrogens (tertiary/aromatic N) is 1. The van der Waals surface area contributed by atoms with Crippen LogP contribution in [0.4, 0.5) is 0 Å². The molecule has 2 atom stereocenters. The molecule has 0 spiro atoms. The van der Waals surface area contributed by atoms with Gasteiger partial charge in [-0.15, -0.1) is 0 Å². The predicted molar refractivity (Wildman–Crippen MR) is 105 cm³/mol. The van der Waals surface area contributed by atoms with Crippen molar-refractivity contribution in [2.24, 2.45) is 11.3 Å². The molecule has 0 N–H and O–H groups in total. The third kappa shape index (κ3) is 3.48. The van der Waals surface area contributed by atoms with Crippen molar-refractivity contribution in [2.45, 2.75) is 38.5 Å². The first-order valence-corrected chi connectivity index (χ1v) is 10.5. The molecule has 1 aliphatic heterocycles. The third-order valence-electron chi connectivity index (χ3n) is 5.94. The SMILES string of the molecule is C=C1CC(C(=O)OC)=C(C)CC2(C)CN(S(=O)(=O)c3ccc(C)cc3)CC12. The Labute approximate surface area is 161 Å². The summed E-state index contributed by atoms with van der Waals surface area (Å²) >= 11 is 0. The van der Waals surface area contributed by atoms with E-state index in [1.165, 1.54) is 7.11 Å². The van der Waals surface area contributed by atoms with E-state index in [0.717, 1.165) is 16.7 Å². The lowest BCUT2D eigenvalue weighted by atomic mass is 9.74. The smallest absolute Gasteiger partial charge is 0.333 e. The van der Waals surface area contributed by atoms with Crippen molar-refractivity contribution < 1.29 is 17.9 Å². The Balaban J connectivity index is 1.93. The van der Waals surface area contributed by atoms with Gasteiger partial charge in [-0.25, -0.2) is 13.2 Å². The van der Waals surface area contributed by atoms with Crippen molar-refractivity contribution in [3.63, 3.8) is 0 Å². The van der Waals surface area contributed by atoms with Crippen LogP contribution in [0.3, 0.4) is 0 Å². The highest BCUT2D eigenvalue weighted by Gasteiger charge is 2.49. The second-order valence-corrected chi connectivity index (χ2v) is 10.0. The average molecular weight is 390 g/mol. The number of carbonyl (C=O) groups excluding carboxylic acids is 1. The lowest BCUT2D eigenvalue weighted by molar-refractivity contribution is -0.136. The molecule has 1 saturated heterocycles. The standard InChI is InChI=1S/C21H27NO4S/c1-14-6-8-17(9-7-14)27(24,25)22-12-19-15(2)10-18(20(23)26-5)16(3)11-21(19,4)13-22/h6-9,19H,2,10-13H2,1,3-5H3. The highest BCUT2D eigenvalue weighted by atomic mass is 32.2. The number of fused-ring (bicyclic) bond motifs is 1. The highest BCUT2D eigenvalue weighted by molar-refractivity contribution is 7.89. The number of esters is 1. The zero-order chi connectivity index (χ0) is 20.0. The van der Waals surface area contributed by atoms with Crippen molar-refractivity contribution in [1.82, 2.24) is 4.31 Å². The van der Waals surface area contributed by atoms with Gasteiger partial charge < -0.3 is 4.74 Å². The highest BCUT2D eigenvalue weighted by Crippen LogP contribution is 2.49. The first kappa shape index (κ1) is 19.8. The topological polar surface area (TPSA) is 63.7 Å². The van der Waals surface area contributed by atoms with Gasteiger partial charge in [-0.3, -0.25) is 0 Å². The van der Waals surface area contributed by atoms with Crippen molar-refractivity contribution in [3.05, 3.63) is 53.1 Å². The Kier molecular flexibility index (Phi) is 5.08. The van der Waals surface area contributed by atoms with Crippen LogP contribution in [0, 0.1) is 18.3 Å².